The van der Waals surface area contributed by atoms with E-state index in [1.54, 1.807) is 40.7 Å². The summed E-state index contributed by atoms with van der Waals surface area (Å²) in [5.74, 6) is -2.39. The van der Waals surface area contributed by atoms with E-state index >= 15 is 0 Å². The summed E-state index contributed by atoms with van der Waals surface area (Å²) >= 11 is 0. The lowest BCUT2D eigenvalue weighted by atomic mass is 10.0. The van der Waals surface area contributed by atoms with Gasteiger partial charge in [-0.1, -0.05) is 57.9 Å². The van der Waals surface area contributed by atoms with Gasteiger partial charge in [0.1, 0.15) is 29.3 Å². The van der Waals surface area contributed by atoms with E-state index in [1.165, 1.54) is 12.0 Å². The van der Waals surface area contributed by atoms with Gasteiger partial charge in [-0.3, -0.25) is 19.1 Å². The zero-order valence-corrected chi connectivity index (χ0v) is 32.3. The molecule has 4 amide bonds. The Labute approximate surface area is 311 Å². The molecule has 1 saturated heterocycles. The number of fused-ring (bicyclic) bond motifs is 1. The highest BCUT2D eigenvalue weighted by Gasteiger charge is 2.62. The Bertz CT molecular complexity index is 1840. The number of ether oxygens (including phenoxy) is 3. The van der Waals surface area contributed by atoms with Crippen molar-refractivity contribution in [3.8, 4) is 11.8 Å². The number of likely N-dealkylation sites (tertiary alicyclic amines) is 1. The number of rotatable bonds is 15. The smallest absolute Gasteiger partial charge is 0.408 e. The monoisotopic (exact) mass is 756 g/mol. The number of hydrogen-bond acceptors (Lipinski definition) is 11. The van der Waals surface area contributed by atoms with Gasteiger partial charge in [0.15, 0.2) is 0 Å². The van der Waals surface area contributed by atoms with Gasteiger partial charge in [0, 0.05) is 12.3 Å². The molecule has 2 saturated carbocycles. The second kappa shape index (κ2) is 15.9. The molecule has 290 valence electrons. The van der Waals surface area contributed by atoms with Gasteiger partial charge in [0.05, 0.1) is 29.7 Å². The molecule has 2 aromatic rings. The molecule has 2 heterocycles. The minimum atomic E-state index is -3.91. The number of unbranched alkanes of at least 4 members (excludes halogenated alkanes) is 2. The van der Waals surface area contributed by atoms with Crippen LogP contribution < -0.4 is 24.8 Å². The Balaban J connectivity index is 1.44. The van der Waals surface area contributed by atoms with Crippen LogP contribution in [-0.2, 0) is 29.1 Å². The molecule has 2 aliphatic carbocycles. The molecule has 5 atom stereocenters. The number of amides is 4. The highest BCUT2D eigenvalue weighted by Crippen LogP contribution is 2.46. The van der Waals surface area contributed by atoms with Gasteiger partial charge in [0.25, 0.3) is 5.91 Å². The van der Waals surface area contributed by atoms with Crippen LogP contribution in [0.25, 0.3) is 10.8 Å². The first-order valence-electron chi connectivity index (χ1n) is 18.3. The molecule has 0 radical (unpaired) electrons. The van der Waals surface area contributed by atoms with E-state index in [0.717, 1.165) is 19.3 Å². The fourth-order valence-corrected chi connectivity index (χ4v) is 7.87. The molecular weight excluding hydrogens is 705 g/mol. The van der Waals surface area contributed by atoms with E-state index in [2.05, 4.69) is 32.5 Å². The van der Waals surface area contributed by atoms with Crippen molar-refractivity contribution in [3.63, 3.8) is 0 Å². The van der Waals surface area contributed by atoms with Crippen LogP contribution >= 0.6 is 0 Å². The molecule has 3 fully saturated rings. The van der Waals surface area contributed by atoms with Gasteiger partial charge < -0.3 is 29.7 Å². The summed E-state index contributed by atoms with van der Waals surface area (Å²) in [6.45, 7) is 10.6. The molecule has 3 N–H and O–H groups in total. The van der Waals surface area contributed by atoms with E-state index in [9.17, 15) is 27.6 Å². The zero-order valence-electron chi connectivity index (χ0n) is 31.5. The standard InChI is InChI=1S/C37H52N6O9S/c1-8-9-10-11-14-23-20-37(23,34(46)42-53(48,49)25-17-18-25)39-30(44)28-19-24(51-32-27-16-13-12-15-26(27)31(50-7)40-41-32)21-43(28)33(45)29(22(2)3)38-35(47)52-36(4,5)6/h11-16,22-25,28-29H,8-10,17-21H2,1-7H3,(H,38,47)(H,39,44)(H,42,46)/b14-11-/t23-,24-,28+,29+,37-/m1/s1. The van der Waals surface area contributed by atoms with Gasteiger partial charge in [-0.2, -0.15) is 0 Å². The van der Waals surface area contributed by atoms with Gasteiger partial charge in [-0.05, 0) is 64.5 Å². The molecule has 5 rings (SSSR count). The lowest BCUT2D eigenvalue weighted by Crippen LogP contribution is -2.59. The van der Waals surface area contributed by atoms with E-state index in [0.29, 0.717) is 29.5 Å². The first-order chi connectivity index (χ1) is 25.0. The molecule has 15 nitrogen and oxygen atoms in total. The number of nitrogens with zero attached hydrogens (tertiary/aromatic N) is 3. The summed E-state index contributed by atoms with van der Waals surface area (Å²) in [6.07, 6.45) is 6.05. The first kappa shape index (κ1) is 39.7. The van der Waals surface area contributed by atoms with Crippen LogP contribution in [0.2, 0.25) is 0 Å². The molecule has 0 spiro atoms. The Kier molecular flexibility index (Phi) is 11.9. The van der Waals surface area contributed by atoms with Crippen LogP contribution in [-0.4, -0.2) is 95.6 Å². The number of carbonyl (C=O) groups excluding carboxylic acids is 4. The third-order valence-corrected chi connectivity index (χ3v) is 11.4. The number of carbonyl (C=O) groups is 4. The molecule has 1 aliphatic heterocycles. The summed E-state index contributed by atoms with van der Waals surface area (Å²) in [4.78, 5) is 56.7. The van der Waals surface area contributed by atoms with Crippen molar-refractivity contribution < 1.29 is 41.8 Å². The van der Waals surface area contributed by atoms with Crippen molar-refractivity contribution in [1.82, 2.24) is 30.5 Å². The van der Waals surface area contributed by atoms with Crippen LogP contribution in [0.15, 0.2) is 36.4 Å². The summed E-state index contributed by atoms with van der Waals surface area (Å²) in [5, 5.41) is 14.5. The average Bonchev–Trinajstić information content (AvgIpc) is 4.02. The summed E-state index contributed by atoms with van der Waals surface area (Å²) in [6, 6.07) is 5.01. The summed E-state index contributed by atoms with van der Waals surface area (Å²) < 4.78 is 45.0. The highest BCUT2D eigenvalue weighted by atomic mass is 32.2. The lowest BCUT2D eigenvalue weighted by molar-refractivity contribution is -0.141. The number of alkyl carbamates (subject to hydrolysis) is 1. The fraction of sp³-hybridized carbons (Fsp3) is 0.622. The predicted octanol–water partition coefficient (Wildman–Crippen LogP) is 3.77. The maximum atomic E-state index is 14.4. The minimum Gasteiger partial charge on any atom is -0.479 e. The fourth-order valence-electron chi connectivity index (χ4n) is 6.50. The minimum absolute atomic E-state index is 0.00589. The second-order valence-corrected chi connectivity index (χ2v) is 17.4. The van der Waals surface area contributed by atoms with Crippen LogP contribution in [0.4, 0.5) is 4.79 Å². The quantitative estimate of drug-likeness (QED) is 0.177. The molecule has 53 heavy (non-hydrogen) atoms. The van der Waals surface area contributed by atoms with Crippen molar-refractivity contribution in [3.05, 3.63) is 36.4 Å². The zero-order chi connectivity index (χ0) is 38.7. The highest BCUT2D eigenvalue weighted by molar-refractivity contribution is 7.91. The summed E-state index contributed by atoms with van der Waals surface area (Å²) in [7, 11) is -2.42. The number of benzene rings is 1. The van der Waals surface area contributed by atoms with E-state index in [4.69, 9.17) is 14.2 Å². The Morgan fingerprint density at radius 3 is 2.34 bits per heavy atom. The second-order valence-electron chi connectivity index (χ2n) is 15.4. The number of allylic oxidation sites excluding steroid dienone is 1. The van der Waals surface area contributed by atoms with Crippen LogP contribution in [0.1, 0.15) is 86.5 Å². The predicted molar refractivity (Wildman–Crippen MR) is 196 cm³/mol. The number of aromatic nitrogens is 2. The Hall–Kier alpha value is -4.47. The van der Waals surface area contributed by atoms with Gasteiger partial charge in [-0.25, -0.2) is 13.2 Å². The van der Waals surface area contributed by atoms with Crippen LogP contribution in [0, 0.1) is 11.8 Å². The maximum Gasteiger partial charge on any atom is 0.408 e. The Morgan fingerprint density at radius 1 is 1.08 bits per heavy atom. The maximum absolute atomic E-state index is 14.4. The Morgan fingerprint density at radius 2 is 1.74 bits per heavy atom. The number of methoxy groups -OCH3 is 1. The number of nitrogens with one attached hydrogen (secondary N) is 3. The van der Waals surface area contributed by atoms with Crippen molar-refractivity contribution in [2.45, 2.75) is 121 Å². The lowest BCUT2D eigenvalue weighted by Gasteiger charge is -2.31. The van der Waals surface area contributed by atoms with Crippen molar-refractivity contribution in [2.24, 2.45) is 11.8 Å². The summed E-state index contributed by atoms with van der Waals surface area (Å²) in [5.41, 5.74) is -2.35. The average molecular weight is 757 g/mol. The number of hydrogen-bond donors (Lipinski definition) is 3. The van der Waals surface area contributed by atoms with Gasteiger partial charge in [-0.15, -0.1) is 10.2 Å². The van der Waals surface area contributed by atoms with E-state index in [1.807, 2.05) is 30.4 Å². The molecule has 0 bridgehead atoms. The SMILES string of the molecule is CCCC/C=C\[C@@H]1C[C@]1(NC(=O)[C@@H]1C[C@@H](Oc2nnc(OC)c3ccccc23)CN1C(=O)[C@@H](NC(=O)OC(C)(C)C)C(C)C)C(=O)NS(=O)(=O)C1CC1. The molecule has 1 aromatic heterocycles. The van der Waals surface area contributed by atoms with Gasteiger partial charge >= 0.3 is 6.09 Å². The van der Waals surface area contributed by atoms with E-state index in [-0.39, 0.29) is 25.3 Å². The van der Waals surface area contributed by atoms with E-state index < -0.39 is 80.3 Å². The van der Waals surface area contributed by atoms with Crippen LogP contribution in [0.5, 0.6) is 11.8 Å². The molecular formula is C37H52N6O9S. The normalized spacial score (nSPS) is 23.5. The molecule has 16 heteroatoms. The molecule has 0 unspecified atom stereocenters. The molecule has 3 aliphatic rings. The first-order valence-corrected chi connectivity index (χ1v) is 19.8. The number of sulfonamides is 1. The third kappa shape index (κ3) is 9.37. The van der Waals surface area contributed by atoms with Crippen molar-refractivity contribution in [1.29, 1.82) is 0 Å². The third-order valence-electron chi connectivity index (χ3n) is 9.60. The van der Waals surface area contributed by atoms with Gasteiger partial charge in [0.2, 0.25) is 33.6 Å². The largest absolute Gasteiger partial charge is 0.479 e. The molecule has 1 aromatic carbocycles. The van der Waals surface area contributed by atoms with Crippen LogP contribution in [0.3, 0.4) is 0 Å². The van der Waals surface area contributed by atoms with Crippen molar-refractivity contribution >= 4 is 44.6 Å². The van der Waals surface area contributed by atoms with Crippen molar-refractivity contribution in [2.75, 3.05) is 13.7 Å². The topological polar surface area (TPSA) is 195 Å².